The first-order chi connectivity index (χ1) is 3.98. The van der Waals surface area contributed by atoms with E-state index in [1.165, 1.54) is 6.92 Å². The summed E-state index contributed by atoms with van der Waals surface area (Å²) in [6, 6.07) is 0. The molecule has 0 saturated carbocycles. The standard InChI is InChI=1S/C4H5F3O2.H3N/c1-2-9-3(8)4(5,6)7;/h2H2,1H3;1H3/p+1. The van der Waals surface area contributed by atoms with Crippen molar-refractivity contribution in [1.82, 2.24) is 6.15 Å². The number of quaternary nitrogens is 1. The molecule has 0 saturated heterocycles. The summed E-state index contributed by atoms with van der Waals surface area (Å²) >= 11 is 0. The normalized spacial score (nSPS) is 10.0. The molecule has 0 aromatic rings. The van der Waals surface area contributed by atoms with Crippen molar-refractivity contribution in [2.75, 3.05) is 6.61 Å². The van der Waals surface area contributed by atoms with Gasteiger partial charge in [0, 0.05) is 0 Å². The fourth-order valence-electron chi connectivity index (χ4n) is 0.213. The zero-order chi connectivity index (χ0) is 7.49. The molecule has 6 heteroatoms. The Labute approximate surface area is 55.7 Å². The highest BCUT2D eigenvalue weighted by atomic mass is 19.4. The molecule has 0 aromatic heterocycles. The quantitative estimate of drug-likeness (QED) is 0.590. The van der Waals surface area contributed by atoms with E-state index in [-0.39, 0.29) is 12.8 Å². The molecular weight excluding hydrogens is 151 g/mol. The molecule has 4 N–H and O–H groups in total. The lowest BCUT2D eigenvalue weighted by Gasteiger charge is -2.02. The van der Waals surface area contributed by atoms with Gasteiger partial charge in [-0.1, -0.05) is 0 Å². The molecule has 0 radical (unpaired) electrons. The molecule has 0 fully saturated rings. The number of carbonyl (C=O) groups excluding carboxylic acids is 1. The van der Waals surface area contributed by atoms with Crippen LogP contribution in [0.3, 0.4) is 0 Å². The zero-order valence-electron chi connectivity index (χ0n) is 5.66. The van der Waals surface area contributed by atoms with Crippen LogP contribution in [0.5, 0.6) is 0 Å². The summed E-state index contributed by atoms with van der Waals surface area (Å²) in [5.74, 6) is -2.13. The van der Waals surface area contributed by atoms with Gasteiger partial charge in [0.2, 0.25) is 0 Å². The summed E-state index contributed by atoms with van der Waals surface area (Å²) in [5.41, 5.74) is 0. The molecule has 0 amide bonds. The van der Waals surface area contributed by atoms with Gasteiger partial charge in [0.05, 0.1) is 6.61 Å². The number of hydrogen-bond donors (Lipinski definition) is 1. The topological polar surface area (TPSA) is 62.8 Å². The van der Waals surface area contributed by atoms with Crippen LogP contribution in [0.4, 0.5) is 13.2 Å². The Balaban J connectivity index is 0. The Hall–Kier alpha value is -0.780. The van der Waals surface area contributed by atoms with Crippen LogP contribution >= 0.6 is 0 Å². The highest BCUT2D eigenvalue weighted by Crippen LogP contribution is 2.15. The van der Waals surface area contributed by atoms with Gasteiger partial charge >= 0.3 is 12.1 Å². The average molecular weight is 160 g/mol. The Morgan fingerprint density at radius 3 is 2.00 bits per heavy atom. The predicted octanol–water partition coefficient (Wildman–Crippen LogP) is 1.49. The molecule has 3 nitrogen and oxygen atoms in total. The van der Waals surface area contributed by atoms with Gasteiger partial charge in [-0.15, -0.1) is 0 Å². The summed E-state index contributed by atoms with van der Waals surface area (Å²) in [7, 11) is 0. The van der Waals surface area contributed by atoms with Crippen molar-refractivity contribution < 1.29 is 22.7 Å². The summed E-state index contributed by atoms with van der Waals surface area (Å²) in [6.07, 6.45) is -4.85. The highest BCUT2D eigenvalue weighted by Gasteiger charge is 2.40. The third kappa shape index (κ3) is 4.13. The SMILES string of the molecule is CCOC(=O)C(F)(F)F.[NH4+]. The van der Waals surface area contributed by atoms with Crippen LogP contribution in [0, 0.1) is 0 Å². The second-order valence-corrected chi connectivity index (χ2v) is 1.22. The molecule has 0 atom stereocenters. The molecule has 62 valence electrons. The van der Waals surface area contributed by atoms with E-state index >= 15 is 0 Å². The van der Waals surface area contributed by atoms with E-state index in [1.807, 2.05) is 0 Å². The lowest BCUT2D eigenvalue weighted by molar-refractivity contribution is -0.199. The minimum Gasteiger partial charge on any atom is -0.459 e. The molecule has 10 heavy (non-hydrogen) atoms. The van der Waals surface area contributed by atoms with Crippen LogP contribution in [0.15, 0.2) is 0 Å². The van der Waals surface area contributed by atoms with Crippen LogP contribution in [-0.4, -0.2) is 18.8 Å². The van der Waals surface area contributed by atoms with Crippen molar-refractivity contribution in [3.8, 4) is 0 Å². The maximum Gasteiger partial charge on any atom is 0.490 e. The van der Waals surface area contributed by atoms with Gasteiger partial charge in [-0.3, -0.25) is 0 Å². The van der Waals surface area contributed by atoms with Crippen LogP contribution < -0.4 is 6.15 Å². The van der Waals surface area contributed by atoms with Gasteiger partial charge in [0.25, 0.3) is 0 Å². The first-order valence-electron chi connectivity index (χ1n) is 2.22. The van der Waals surface area contributed by atoms with Crippen molar-refractivity contribution in [2.45, 2.75) is 13.1 Å². The summed E-state index contributed by atoms with van der Waals surface area (Å²) in [5, 5.41) is 0. The molecular formula is C4H9F3NO2+. The van der Waals surface area contributed by atoms with E-state index in [2.05, 4.69) is 4.74 Å². The molecule has 0 heterocycles. The Kier molecular flexibility index (Phi) is 4.90. The molecule has 0 bridgehead atoms. The fraction of sp³-hybridized carbons (Fsp3) is 0.750. The summed E-state index contributed by atoms with van der Waals surface area (Å²) < 4.78 is 37.1. The zero-order valence-corrected chi connectivity index (χ0v) is 5.66. The number of ether oxygens (including phenoxy) is 1. The van der Waals surface area contributed by atoms with Gasteiger partial charge in [0.1, 0.15) is 0 Å². The summed E-state index contributed by atoms with van der Waals surface area (Å²) in [6.45, 7) is 1.06. The first-order valence-corrected chi connectivity index (χ1v) is 2.22. The molecule has 0 aliphatic heterocycles. The molecule has 0 unspecified atom stereocenters. The number of esters is 1. The van der Waals surface area contributed by atoms with E-state index in [0.717, 1.165) is 0 Å². The molecule has 0 spiro atoms. The van der Waals surface area contributed by atoms with Gasteiger partial charge < -0.3 is 10.9 Å². The van der Waals surface area contributed by atoms with Crippen molar-refractivity contribution in [3.05, 3.63) is 0 Å². The number of rotatable bonds is 1. The van der Waals surface area contributed by atoms with Crippen LogP contribution in [0.25, 0.3) is 0 Å². The van der Waals surface area contributed by atoms with E-state index in [0.29, 0.717) is 0 Å². The maximum atomic E-state index is 11.2. The van der Waals surface area contributed by atoms with Crippen molar-refractivity contribution in [2.24, 2.45) is 0 Å². The average Bonchev–Trinajstić information content (AvgIpc) is 1.64. The lowest BCUT2D eigenvalue weighted by atomic mass is 10.7. The van der Waals surface area contributed by atoms with Crippen molar-refractivity contribution in [1.29, 1.82) is 0 Å². The minimum absolute atomic E-state index is 0. The largest absolute Gasteiger partial charge is 0.490 e. The van der Waals surface area contributed by atoms with Gasteiger partial charge in [-0.25, -0.2) is 4.79 Å². The Bertz CT molecular complexity index is 112. The number of hydrogen-bond acceptors (Lipinski definition) is 2. The first kappa shape index (κ1) is 12.0. The number of carbonyl (C=O) groups is 1. The van der Waals surface area contributed by atoms with Gasteiger partial charge in [-0.2, -0.15) is 13.2 Å². The van der Waals surface area contributed by atoms with Crippen LogP contribution in [-0.2, 0) is 9.53 Å². The van der Waals surface area contributed by atoms with E-state index in [1.54, 1.807) is 0 Å². The van der Waals surface area contributed by atoms with E-state index < -0.39 is 12.1 Å². The third-order valence-electron chi connectivity index (χ3n) is 0.507. The second kappa shape index (κ2) is 4.10. The maximum absolute atomic E-state index is 11.2. The molecule has 0 aliphatic rings. The van der Waals surface area contributed by atoms with E-state index in [4.69, 9.17) is 0 Å². The number of halogens is 3. The number of alkyl halides is 3. The van der Waals surface area contributed by atoms with Gasteiger partial charge in [0.15, 0.2) is 0 Å². The summed E-state index contributed by atoms with van der Waals surface area (Å²) in [4.78, 5) is 9.72. The van der Waals surface area contributed by atoms with Crippen molar-refractivity contribution in [3.63, 3.8) is 0 Å². The third-order valence-corrected chi connectivity index (χ3v) is 0.507. The Morgan fingerprint density at radius 2 is 1.90 bits per heavy atom. The smallest absolute Gasteiger partial charge is 0.459 e. The van der Waals surface area contributed by atoms with Crippen LogP contribution in [0.1, 0.15) is 6.92 Å². The highest BCUT2D eigenvalue weighted by molar-refractivity contribution is 5.75. The van der Waals surface area contributed by atoms with Crippen LogP contribution in [0.2, 0.25) is 0 Å². The molecule has 0 aromatic carbocycles. The predicted molar refractivity (Wildman–Crippen MR) is 28.7 cm³/mol. The lowest BCUT2D eigenvalue weighted by Crippen LogP contribution is -2.25. The van der Waals surface area contributed by atoms with E-state index in [9.17, 15) is 18.0 Å². The fourth-order valence-corrected chi connectivity index (χ4v) is 0.213. The molecule has 0 aliphatic carbocycles. The Morgan fingerprint density at radius 1 is 1.50 bits per heavy atom. The van der Waals surface area contributed by atoms with Crippen molar-refractivity contribution >= 4 is 5.97 Å². The molecule has 0 rings (SSSR count). The van der Waals surface area contributed by atoms with Gasteiger partial charge in [-0.05, 0) is 6.92 Å². The minimum atomic E-state index is -4.85. The monoisotopic (exact) mass is 160 g/mol. The second-order valence-electron chi connectivity index (χ2n) is 1.22.